The Labute approximate surface area is 156 Å². The van der Waals surface area contributed by atoms with Gasteiger partial charge in [0.1, 0.15) is 12.3 Å². The van der Waals surface area contributed by atoms with Crippen LogP contribution >= 0.6 is 0 Å². The van der Waals surface area contributed by atoms with E-state index in [0.29, 0.717) is 34.7 Å². The van der Waals surface area contributed by atoms with Gasteiger partial charge in [0.25, 0.3) is 17.7 Å². The third kappa shape index (κ3) is 3.82. The fraction of sp³-hybridized carbons (Fsp3) is 0.150. The van der Waals surface area contributed by atoms with Crippen molar-refractivity contribution in [3.05, 3.63) is 71.8 Å². The molecule has 0 aliphatic carbocycles. The average molecular weight is 365 g/mol. The van der Waals surface area contributed by atoms with Gasteiger partial charge in [-0.15, -0.1) is 0 Å². The predicted octanol–water partition coefficient (Wildman–Crippen LogP) is 1.97. The number of hydrogen-bond acceptors (Lipinski definition) is 4. The van der Waals surface area contributed by atoms with Crippen LogP contribution in [0.3, 0.4) is 0 Å². The van der Waals surface area contributed by atoms with E-state index in [1.54, 1.807) is 48.5 Å². The number of nitrogens with one attached hydrogen (secondary N) is 2. The minimum atomic E-state index is -0.531. The van der Waals surface area contributed by atoms with Gasteiger partial charge in [-0.3, -0.25) is 30.1 Å². The van der Waals surface area contributed by atoms with Gasteiger partial charge in [-0.05, 0) is 37.3 Å². The van der Waals surface area contributed by atoms with Crippen LogP contribution in [0.4, 0.5) is 0 Å². The van der Waals surface area contributed by atoms with Crippen molar-refractivity contribution in [3.8, 4) is 5.75 Å². The van der Waals surface area contributed by atoms with E-state index in [1.807, 2.05) is 6.92 Å². The minimum absolute atomic E-state index is 0.240. The molecule has 1 aliphatic rings. The van der Waals surface area contributed by atoms with E-state index in [1.165, 1.54) is 4.90 Å². The summed E-state index contributed by atoms with van der Waals surface area (Å²) in [6.07, 6.45) is 0. The first-order chi connectivity index (χ1) is 13.0. The fourth-order valence-corrected chi connectivity index (χ4v) is 2.75. The lowest BCUT2D eigenvalue weighted by Gasteiger charge is -2.17. The van der Waals surface area contributed by atoms with Crippen LogP contribution in [0.5, 0.6) is 5.75 Å². The first-order valence-electron chi connectivity index (χ1n) is 8.43. The van der Waals surface area contributed by atoms with Crippen LogP contribution in [0.15, 0.2) is 55.1 Å². The highest BCUT2D eigenvalue weighted by Crippen LogP contribution is 2.30. The molecule has 2 aromatic rings. The normalized spacial score (nSPS) is 12.6. The standard InChI is InChI=1S/C20H19N3O4/c1-3-27-15-10-8-14(9-11-15)19(25)22-21-18(24)12-23-13(2)16-6-4-5-7-17(16)20(23)26/h4-11H,2-3,12H2,1H3,(H,21,24)(H,22,25). The van der Waals surface area contributed by atoms with Crippen LogP contribution in [0, 0.1) is 0 Å². The van der Waals surface area contributed by atoms with E-state index >= 15 is 0 Å². The Kier molecular flexibility index (Phi) is 5.21. The summed E-state index contributed by atoms with van der Waals surface area (Å²) in [6, 6.07) is 13.6. The molecule has 2 aromatic carbocycles. The summed E-state index contributed by atoms with van der Waals surface area (Å²) >= 11 is 0. The smallest absolute Gasteiger partial charge is 0.269 e. The van der Waals surface area contributed by atoms with Crippen LogP contribution in [-0.2, 0) is 4.79 Å². The molecule has 0 radical (unpaired) electrons. The van der Waals surface area contributed by atoms with E-state index in [4.69, 9.17) is 4.74 Å². The molecule has 7 nitrogen and oxygen atoms in total. The van der Waals surface area contributed by atoms with Crippen molar-refractivity contribution >= 4 is 23.4 Å². The lowest BCUT2D eigenvalue weighted by atomic mass is 10.1. The summed E-state index contributed by atoms with van der Waals surface area (Å²) in [7, 11) is 0. The Morgan fingerprint density at radius 2 is 1.70 bits per heavy atom. The van der Waals surface area contributed by atoms with Crippen molar-refractivity contribution in [3.63, 3.8) is 0 Å². The molecule has 3 amide bonds. The third-order valence-corrected chi connectivity index (χ3v) is 4.08. The quantitative estimate of drug-likeness (QED) is 0.793. The van der Waals surface area contributed by atoms with Crippen LogP contribution in [0.1, 0.15) is 33.2 Å². The molecule has 3 rings (SSSR count). The van der Waals surface area contributed by atoms with Gasteiger partial charge in [0.15, 0.2) is 0 Å². The number of ether oxygens (including phenoxy) is 1. The molecular formula is C20H19N3O4. The van der Waals surface area contributed by atoms with Gasteiger partial charge in [0.05, 0.1) is 6.61 Å². The summed E-state index contributed by atoms with van der Waals surface area (Å²) in [5.41, 5.74) is 6.68. The van der Waals surface area contributed by atoms with Crippen LogP contribution in [0.2, 0.25) is 0 Å². The largest absolute Gasteiger partial charge is 0.494 e. The molecule has 1 aliphatic heterocycles. The first kappa shape index (κ1) is 18.2. The molecule has 2 N–H and O–H groups in total. The minimum Gasteiger partial charge on any atom is -0.494 e. The SMILES string of the molecule is C=C1c2ccccc2C(=O)N1CC(=O)NNC(=O)c1ccc(OCC)cc1. The van der Waals surface area contributed by atoms with E-state index in [9.17, 15) is 14.4 Å². The van der Waals surface area contributed by atoms with Crippen molar-refractivity contribution in [2.45, 2.75) is 6.92 Å². The number of fused-ring (bicyclic) bond motifs is 1. The predicted molar refractivity (Wildman–Crippen MR) is 99.7 cm³/mol. The molecule has 0 saturated heterocycles. The van der Waals surface area contributed by atoms with E-state index in [0.717, 1.165) is 0 Å². The van der Waals surface area contributed by atoms with Crippen molar-refractivity contribution in [1.29, 1.82) is 0 Å². The van der Waals surface area contributed by atoms with Gasteiger partial charge < -0.3 is 4.74 Å². The van der Waals surface area contributed by atoms with Gasteiger partial charge in [-0.1, -0.05) is 24.8 Å². The molecular weight excluding hydrogens is 346 g/mol. The van der Waals surface area contributed by atoms with Gasteiger partial charge in [0, 0.05) is 22.4 Å². The summed E-state index contributed by atoms with van der Waals surface area (Å²) in [5.74, 6) is -0.634. The molecule has 0 bridgehead atoms. The number of hydrogen-bond donors (Lipinski definition) is 2. The maximum atomic E-state index is 12.4. The lowest BCUT2D eigenvalue weighted by Crippen LogP contribution is -2.46. The van der Waals surface area contributed by atoms with Crippen molar-refractivity contribution in [2.24, 2.45) is 0 Å². The monoisotopic (exact) mass is 365 g/mol. The molecule has 7 heteroatoms. The Balaban J connectivity index is 1.55. The summed E-state index contributed by atoms with van der Waals surface area (Å²) in [6.45, 7) is 6.04. The Morgan fingerprint density at radius 1 is 1.04 bits per heavy atom. The first-order valence-corrected chi connectivity index (χ1v) is 8.43. The highest BCUT2D eigenvalue weighted by Gasteiger charge is 2.31. The number of nitrogens with zero attached hydrogens (tertiary/aromatic N) is 1. The number of hydrazine groups is 1. The molecule has 0 unspecified atom stereocenters. The number of benzene rings is 2. The molecule has 0 fully saturated rings. The van der Waals surface area contributed by atoms with Crippen molar-refractivity contribution in [1.82, 2.24) is 15.8 Å². The number of rotatable bonds is 5. The van der Waals surface area contributed by atoms with Gasteiger partial charge >= 0.3 is 0 Å². The maximum absolute atomic E-state index is 12.4. The fourth-order valence-electron chi connectivity index (χ4n) is 2.75. The van der Waals surface area contributed by atoms with Gasteiger partial charge in [-0.25, -0.2) is 0 Å². The molecule has 0 saturated carbocycles. The van der Waals surface area contributed by atoms with Crippen LogP contribution in [0.25, 0.3) is 5.70 Å². The van der Waals surface area contributed by atoms with E-state index in [-0.39, 0.29) is 12.5 Å². The van der Waals surface area contributed by atoms with Gasteiger partial charge in [0.2, 0.25) is 0 Å². The maximum Gasteiger partial charge on any atom is 0.269 e. The number of carbonyl (C=O) groups excluding carboxylic acids is 3. The zero-order valence-electron chi connectivity index (χ0n) is 14.8. The topological polar surface area (TPSA) is 87.7 Å². The number of carbonyl (C=O) groups is 3. The van der Waals surface area contributed by atoms with Gasteiger partial charge in [-0.2, -0.15) is 0 Å². The lowest BCUT2D eigenvalue weighted by molar-refractivity contribution is -0.122. The average Bonchev–Trinajstić information content (AvgIpc) is 2.92. The Hall–Kier alpha value is -3.61. The van der Waals surface area contributed by atoms with Crippen molar-refractivity contribution < 1.29 is 19.1 Å². The van der Waals surface area contributed by atoms with Crippen LogP contribution < -0.4 is 15.6 Å². The highest BCUT2D eigenvalue weighted by atomic mass is 16.5. The summed E-state index contributed by atoms with van der Waals surface area (Å²) in [5, 5.41) is 0. The summed E-state index contributed by atoms with van der Waals surface area (Å²) < 4.78 is 5.31. The molecule has 0 aromatic heterocycles. The third-order valence-electron chi connectivity index (χ3n) is 4.08. The molecule has 0 spiro atoms. The molecule has 138 valence electrons. The second-order valence-electron chi connectivity index (χ2n) is 5.84. The second kappa shape index (κ2) is 7.74. The summed E-state index contributed by atoms with van der Waals surface area (Å²) in [4.78, 5) is 37.9. The zero-order chi connectivity index (χ0) is 19.4. The van der Waals surface area contributed by atoms with Crippen LogP contribution in [-0.4, -0.2) is 35.8 Å². The van der Waals surface area contributed by atoms with E-state index in [2.05, 4.69) is 17.4 Å². The van der Waals surface area contributed by atoms with Crippen molar-refractivity contribution in [2.75, 3.05) is 13.2 Å². The highest BCUT2D eigenvalue weighted by molar-refractivity contribution is 6.10. The molecule has 1 heterocycles. The molecule has 0 atom stereocenters. The zero-order valence-corrected chi connectivity index (χ0v) is 14.8. The Morgan fingerprint density at radius 3 is 2.33 bits per heavy atom. The Bertz CT molecular complexity index is 871. The molecule has 27 heavy (non-hydrogen) atoms. The second-order valence-corrected chi connectivity index (χ2v) is 5.84. The van der Waals surface area contributed by atoms with E-state index < -0.39 is 11.8 Å². The number of amides is 3.